The summed E-state index contributed by atoms with van der Waals surface area (Å²) in [6, 6.07) is 0. The van der Waals surface area contributed by atoms with Crippen molar-refractivity contribution < 1.29 is 80.2 Å². The van der Waals surface area contributed by atoms with Crippen molar-refractivity contribution in [3.05, 3.63) is 0 Å². The molecule has 0 heterocycles. The zero-order valence-corrected chi connectivity index (χ0v) is 54.2. The molecular formula is C62H120O17P2. The van der Waals surface area contributed by atoms with Gasteiger partial charge in [0.1, 0.15) is 19.3 Å². The summed E-state index contributed by atoms with van der Waals surface area (Å²) in [7, 11) is -9.88. The molecule has 81 heavy (non-hydrogen) atoms. The number of ether oxygens (including phenoxy) is 4. The summed E-state index contributed by atoms with van der Waals surface area (Å²) in [5.74, 6) is 0.684. The maximum Gasteiger partial charge on any atom is 0.472 e. The molecular weight excluding hydrogens is 1080 g/mol. The molecule has 0 saturated carbocycles. The van der Waals surface area contributed by atoms with Gasteiger partial charge in [-0.3, -0.25) is 37.3 Å². The van der Waals surface area contributed by atoms with Gasteiger partial charge in [-0.1, -0.05) is 242 Å². The molecule has 17 nitrogen and oxygen atoms in total. The number of aliphatic hydroxyl groups is 1. The van der Waals surface area contributed by atoms with E-state index in [1.807, 2.05) is 0 Å². The van der Waals surface area contributed by atoms with E-state index in [-0.39, 0.29) is 25.7 Å². The Morgan fingerprint density at radius 3 is 0.877 bits per heavy atom. The van der Waals surface area contributed by atoms with Gasteiger partial charge in [-0.2, -0.15) is 0 Å². The van der Waals surface area contributed by atoms with Crippen LogP contribution in [-0.2, 0) is 65.4 Å². The van der Waals surface area contributed by atoms with E-state index in [0.717, 1.165) is 115 Å². The highest BCUT2D eigenvalue weighted by Gasteiger charge is 2.30. The number of esters is 4. The lowest BCUT2D eigenvalue weighted by molar-refractivity contribution is -0.161. The van der Waals surface area contributed by atoms with E-state index in [1.54, 1.807) is 0 Å². The van der Waals surface area contributed by atoms with Crippen molar-refractivity contribution in [1.29, 1.82) is 0 Å². The van der Waals surface area contributed by atoms with Gasteiger partial charge in [0.05, 0.1) is 26.4 Å². The second kappa shape index (κ2) is 52.4. The highest BCUT2D eigenvalue weighted by Crippen LogP contribution is 2.45. The lowest BCUT2D eigenvalue weighted by Gasteiger charge is -2.21. The third-order valence-electron chi connectivity index (χ3n) is 14.4. The standard InChI is InChI=1S/C62H120O17P2/c1-9-55(8)41-33-25-18-21-27-35-43-60(65)73-48-57(78-61(66)44-36-28-15-13-11-10-12-14-22-30-38-52(2)3)50-76-80(68,69)74-46-56(63)47-75-81(70,71)77-51-58(79-62(67)45-37-29-20-17-24-32-40-54(6)7)49-72-59(64)42-34-26-19-16-23-31-39-53(4)5/h52-58,63H,9-51H2,1-8H3,(H,68,69)(H,70,71)/t55?,56-,57-,58-/m1/s1. The van der Waals surface area contributed by atoms with Crippen LogP contribution in [-0.4, -0.2) is 96.7 Å². The zero-order chi connectivity index (χ0) is 60.4. The molecule has 0 amide bonds. The lowest BCUT2D eigenvalue weighted by atomic mass is 10.00. The van der Waals surface area contributed by atoms with Gasteiger partial charge in [0, 0.05) is 25.7 Å². The van der Waals surface area contributed by atoms with Crippen molar-refractivity contribution in [1.82, 2.24) is 0 Å². The maximum absolute atomic E-state index is 13.0. The van der Waals surface area contributed by atoms with Crippen molar-refractivity contribution in [2.45, 2.75) is 311 Å². The molecule has 0 aliphatic heterocycles. The van der Waals surface area contributed by atoms with Crippen LogP contribution < -0.4 is 0 Å². The average Bonchev–Trinajstić information content (AvgIpc) is 3.41. The minimum Gasteiger partial charge on any atom is -0.462 e. The Balaban J connectivity index is 5.25. The highest BCUT2D eigenvalue weighted by molar-refractivity contribution is 7.47. The molecule has 0 spiro atoms. The lowest BCUT2D eigenvalue weighted by Crippen LogP contribution is -2.30. The van der Waals surface area contributed by atoms with Crippen LogP contribution in [0.2, 0.25) is 0 Å². The number of aliphatic hydroxyl groups excluding tert-OH is 1. The molecule has 0 aromatic rings. The first-order chi connectivity index (χ1) is 38.6. The van der Waals surface area contributed by atoms with Crippen LogP contribution in [0, 0.1) is 23.7 Å². The molecule has 0 aromatic carbocycles. The van der Waals surface area contributed by atoms with Crippen LogP contribution in [0.1, 0.15) is 293 Å². The quantitative estimate of drug-likeness (QED) is 0.0222. The van der Waals surface area contributed by atoms with Crippen LogP contribution in [0.3, 0.4) is 0 Å². The van der Waals surface area contributed by atoms with E-state index in [4.69, 9.17) is 37.0 Å². The SMILES string of the molecule is CCC(C)CCCCCCCCC(=O)OC[C@H](COP(=O)(O)OC[C@@H](O)COP(=O)(O)OC[C@@H](COC(=O)CCCCCCCCC(C)C)OC(=O)CCCCCCCCC(C)C)OC(=O)CCCCCCCCCCCCC(C)C. The molecule has 19 heteroatoms. The number of unbranched alkanes of at least 4 members (excludes halogenated alkanes) is 24. The minimum absolute atomic E-state index is 0.100. The van der Waals surface area contributed by atoms with Crippen LogP contribution in [0.15, 0.2) is 0 Å². The first kappa shape index (κ1) is 79.1. The third-order valence-corrected chi connectivity index (χ3v) is 16.3. The molecule has 0 aromatic heterocycles. The molecule has 0 radical (unpaired) electrons. The second-order valence-corrected chi connectivity index (χ2v) is 27.0. The van der Waals surface area contributed by atoms with Crippen LogP contribution in [0.4, 0.5) is 0 Å². The van der Waals surface area contributed by atoms with E-state index in [0.29, 0.717) is 37.5 Å². The molecule has 0 aliphatic carbocycles. The molecule has 0 bridgehead atoms. The Morgan fingerprint density at radius 2 is 0.593 bits per heavy atom. The van der Waals surface area contributed by atoms with Crippen molar-refractivity contribution in [2.24, 2.45) is 23.7 Å². The van der Waals surface area contributed by atoms with Crippen LogP contribution in [0.5, 0.6) is 0 Å². The second-order valence-electron chi connectivity index (χ2n) is 24.1. The highest BCUT2D eigenvalue weighted by atomic mass is 31.2. The predicted octanol–water partition coefficient (Wildman–Crippen LogP) is 16.6. The summed E-state index contributed by atoms with van der Waals surface area (Å²) in [5, 5.41) is 10.5. The Morgan fingerprint density at radius 1 is 0.346 bits per heavy atom. The average molecular weight is 1200 g/mol. The molecule has 3 N–H and O–H groups in total. The van der Waals surface area contributed by atoms with Gasteiger partial charge >= 0.3 is 39.5 Å². The van der Waals surface area contributed by atoms with E-state index >= 15 is 0 Å². The van der Waals surface area contributed by atoms with Gasteiger partial charge in [0.15, 0.2) is 12.2 Å². The summed E-state index contributed by atoms with van der Waals surface area (Å²) >= 11 is 0. The van der Waals surface area contributed by atoms with Gasteiger partial charge in [-0.05, 0) is 49.4 Å². The number of rotatable bonds is 59. The zero-order valence-electron chi connectivity index (χ0n) is 52.4. The van der Waals surface area contributed by atoms with E-state index in [9.17, 15) is 43.2 Å². The van der Waals surface area contributed by atoms with Crippen molar-refractivity contribution >= 4 is 39.5 Å². The summed E-state index contributed by atoms with van der Waals surface area (Å²) in [4.78, 5) is 72.0. The summed E-state index contributed by atoms with van der Waals surface area (Å²) in [6.45, 7) is 13.8. The Bertz CT molecular complexity index is 1630. The summed E-state index contributed by atoms with van der Waals surface area (Å²) in [5.41, 5.74) is 0. The van der Waals surface area contributed by atoms with Gasteiger partial charge in [0.2, 0.25) is 0 Å². The fraction of sp³-hybridized carbons (Fsp3) is 0.935. The molecule has 0 fully saturated rings. The first-order valence-corrected chi connectivity index (χ1v) is 35.2. The largest absolute Gasteiger partial charge is 0.472 e. The Kier molecular flexibility index (Phi) is 51.1. The number of hydrogen-bond donors (Lipinski definition) is 3. The fourth-order valence-electron chi connectivity index (χ4n) is 9.04. The smallest absolute Gasteiger partial charge is 0.462 e. The van der Waals surface area contributed by atoms with E-state index < -0.39 is 97.5 Å². The number of hydrogen-bond acceptors (Lipinski definition) is 15. The Labute approximate surface area is 492 Å². The maximum atomic E-state index is 13.0. The molecule has 0 saturated heterocycles. The topological polar surface area (TPSA) is 237 Å². The summed E-state index contributed by atoms with van der Waals surface area (Å²) in [6.07, 6.45) is 31.1. The molecule has 480 valence electrons. The van der Waals surface area contributed by atoms with E-state index in [1.165, 1.54) is 83.5 Å². The van der Waals surface area contributed by atoms with Gasteiger partial charge in [-0.15, -0.1) is 0 Å². The van der Waals surface area contributed by atoms with Gasteiger partial charge in [-0.25, -0.2) is 9.13 Å². The molecule has 6 atom stereocenters. The minimum atomic E-state index is -4.94. The van der Waals surface area contributed by atoms with Crippen LogP contribution in [0.25, 0.3) is 0 Å². The fourth-order valence-corrected chi connectivity index (χ4v) is 10.6. The molecule has 0 aliphatic rings. The van der Waals surface area contributed by atoms with Gasteiger partial charge < -0.3 is 33.8 Å². The van der Waals surface area contributed by atoms with Crippen molar-refractivity contribution in [3.8, 4) is 0 Å². The first-order valence-electron chi connectivity index (χ1n) is 32.2. The van der Waals surface area contributed by atoms with Crippen molar-refractivity contribution in [3.63, 3.8) is 0 Å². The predicted molar refractivity (Wildman–Crippen MR) is 321 cm³/mol. The van der Waals surface area contributed by atoms with Gasteiger partial charge in [0.25, 0.3) is 0 Å². The molecule has 3 unspecified atom stereocenters. The summed E-state index contributed by atoms with van der Waals surface area (Å²) < 4.78 is 67.8. The number of phosphoric ester groups is 2. The number of phosphoric acid groups is 2. The molecule has 0 rings (SSSR count). The normalized spacial score (nSPS) is 14.8. The van der Waals surface area contributed by atoms with Crippen molar-refractivity contribution in [2.75, 3.05) is 39.6 Å². The number of carbonyl (C=O) groups excluding carboxylic acids is 4. The number of carbonyl (C=O) groups is 4. The Hall–Kier alpha value is -1.94. The van der Waals surface area contributed by atoms with E-state index in [2.05, 4.69) is 55.4 Å². The third kappa shape index (κ3) is 55.7. The van der Waals surface area contributed by atoms with Crippen LogP contribution >= 0.6 is 15.6 Å². The monoisotopic (exact) mass is 1200 g/mol.